The van der Waals surface area contributed by atoms with Crippen LogP contribution in [0.1, 0.15) is 11.3 Å². The van der Waals surface area contributed by atoms with Gasteiger partial charge in [-0.05, 0) is 34.5 Å². The van der Waals surface area contributed by atoms with Gasteiger partial charge in [0.2, 0.25) is 0 Å². The molecule has 2 aromatic rings. The first-order chi connectivity index (χ1) is 6.38. The van der Waals surface area contributed by atoms with Crippen LogP contribution in [0.4, 0.5) is 0 Å². The van der Waals surface area contributed by atoms with Gasteiger partial charge in [0, 0.05) is 11.8 Å². The van der Waals surface area contributed by atoms with Crippen molar-refractivity contribution in [3.63, 3.8) is 0 Å². The summed E-state index contributed by atoms with van der Waals surface area (Å²) in [5.74, 6) is 0. The molecular weight excluding hydrogens is 178 g/mol. The van der Waals surface area contributed by atoms with Crippen molar-refractivity contribution in [3.05, 3.63) is 59.1 Å². The van der Waals surface area contributed by atoms with Gasteiger partial charge < -0.3 is 0 Å². The van der Waals surface area contributed by atoms with Crippen molar-refractivity contribution in [1.82, 2.24) is 4.98 Å². The summed E-state index contributed by atoms with van der Waals surface area (Å²) in [5, 5.41) is 4.13. The largest absolute Gasteiger partial charge is 0.256 e. The van der Waals surface area contributed by atoms with E-state index < -0.39 is 0 Å². The van der Waals surface area contributed by atoms with Gasteiger partial charge in [-0.15, -0.1) is 0 Å². The molecule has 0 bridgehead atoms. The molecule has 0 aliphatic rings. The van der Waals surface area contributed by atoms with Crippen LogP contribution < -0.4 is 0 Å². The van der Waals surface area contributed by atoms with Gasteiger partial charge in [0.1, 0.15) is 0 Å². The summed E-state index contributed by atoms with van der Waals surface area (Å²) >= 11 is 1.67. The van der Waals surface area contributed by atoms with Gasteiger partial charge in [-0.1, -0.05) is 12.6 Å². The average molecular weight is 187 g/mol. The SMILES string of the molecule is C=C(c1ccsc1)c1ccccn1. The zero-order valence-corrected chi connectivity index (χ0v) is 7.92. The number of rotatable bonds is 2. The highest BCUT2D eigenvalue weighted by atomic mass is 32.1. The molecule has 2 rings (SSSR count). The van der Waals surface area contributed by atoms with Gasteiger partial charge in [0.25, 0.3) is 0 Å². The van der Waals surface area contributed by atoms with Crippen LogP contribution in [0.25, 0.3) is 5.57 Å². The van der Waals surface area contributed by atoms with E-state index >= 15 is 0 Å². The monoisotopic (exact) mass is 187 g/mol. The Bertz CT molecular complexity index is 389. The Balaban J connectivity index is 2.34. The molecule has 0 fully saturated rings. The van der Waals surface area contributed by atoms with Crippen LogP contribution in [0.2, 0.25) is 0 Å². The Morgan fingerprint density at radius 2 is 2.23 bits per heavy atom. The molecule has 0 aromatic carbocycles. The van der Waals surface area contributed by atoms with Crippen LogP contribution >= 0.6 is 11.3 Å². The zero-order valence-electron chi connectivity index (χ0n) is 7.10. The topological polar surface area (TPSA) is 12.9 Å². The van der Waals surface area contributed by atoms with Crippen LogP contribution in [0.15, 0.2) is 47.8 Å². The fourth-order valence-electron chi connectivity index (χ4n) is 1.13. The Hall–Kier alpha value is -1.41. The van der Waals surface area contributed by atoms with Crippen molar-refractivity contribution in [2.75, 3.05) is 0 Å². The van der Waals surface area contributed by atoms with E-state index in [1.54, 1.807) is 17.5 Å². The Labute approximate surface area is 81.4 Å². The quantitative estimate of drug-likeness (QED) is 0.703. The summed E-state index contributed by atoms with van der Waals surface area (Å²) in [6.07, 6.45) is 1.78. The Morgan fingerprint density at radius 3 is 2.85 bits per heavy atom. The number of thiophene rings is 1. The van der Waals surface area contributed by atoms with Gasteiger partial charge in [-0.2, -0.15) is 11.3 Å². The molecule has 0 atom stereocenters. The Kier molecular flexibility index (Phi) is 2.23. The molecule has 13 heavy (non-hydrogen) atoms. The van der Waals surface area contributed by atoms with Crippen molar-refractivity contribution in [2.24, 2.45) is 0 Å². The molecule has 0 aliphatic heterocycles. The van der Waals surface area contributed by atoms with E-state index in [1.165, 1.54) is 0 Å². The van der Waals surface area contributed by atoms with Crippen LogP contribution in [0, 0.1) is 0 Å². The third-order valence-electron chi connectivity index (χ3n) is 1.84. The molecule has 0 aliphatic carbocycles. The maximum Gasteiger partial charge on any atom is 0.0702 e. The highest BCUT2D eigenvalue weighted by Crippen LogP contribution is 2.21. The molecular formula is C11H9NS. The standard InChI is InChI=1S/C11H9NS/c1-9(10-5-7-13-8-10)11-4-2-3-6-12-11/h2-8H,1H2. The number of pyridine rings is 1. The van der Waals surface area contributed by atoms with E-state index in [0.717, 1.165) is 16.8 Å². The molecule has 0 amide bonds. The molecule has 2 heteroatoms. The van der Waals surface area contributed by atoms with Crippen molar-refractivity contribution in [3.8, 4) is 0 Å². The third-order valence-corrected chi connectivity index (χ3v) is 2.53. The molecule has 0 radical (unpaired) electrons. The van der Waals surface area contributed by atoms with Gasteiger partial charge in [-0.3, -0.25) is 4.98 Å². The number of hydrogen-bond donors (Lipinski definition) is 0. The van der Waals surface area contributed by atoms with E-state index in [2.05, 4.69) is 23.0 Å². The van der Waals surface area contributed by atoms with Gasteiger partial charge in [-0.25, -0.2) is 0 Å². The Morgan fingerprint density at radius 1 is 1.31 bits per heavy atom. The second-order valence-electron chi connectivity index (χ2n) is 2.71. The minimum Gasteiger partial charge on any atom is -0.256 e. The molecule has 0 saturated heterocycles. The minimum absolute atomic E-state index is 0.945. The van der Waals surface area contributed by atoms with Gasteiger partial charge in [0.05, 0.1) is 5.69 Å². The highest BCUT2D eigenvalue weighted by Gasteiger charge is 2.01. The predicted molar refractivity (Wildman–Crippen MR) is 56.7 cm³/mol. The molecule has 0 spiro atoms. The van der Waals surface area contributed by atoms with E-state index in [1.807, 2.05) is 23.6 Å². The third kappa shape index (κ3) is 1.68. The van der Waals surface area contributed by atoms with Crippen molar-refractivity contribution < 1.29 is 0 Å². The fourth-order valence-corrected chi connectivity index (χ4v) is 1.80. The first-order valence-electron chi connectivity index (χ1n) is 4.01. The molecule has 2 heterocycles. The summed E-state index contributed by atoms with van der Waals surface area (Å²) in [4.78, 5) is 4.24. The first-order valence-corrected chi connectivity index (χ1v) is 4.95. The molecule has 0 saturated carbocycles. The van der Waals surface area contributed by atoms with Crippen molar-refractivity contribution >= 4 is 16.9 Å². The molecule has 1 nitrogen and oxygen atoms in total. The summed E-state index contributed by atoms with van der Waals surface area (Å²) in [7, 11) is 0. The smallest absolute Gasteiger partial charge is 0.0702 e. The number of aromatic nitrogens is 1. The van der Waals surface area contributed by atoms with Crippen LogP contribution in [0.5, 0.6) is 0 Å². The van der Waals surface area contributed by atoms with E-state index in [4.69, 9.17) is 0 Å². The lowest BCUT2D eigenvalue weighted by Crippen LogP contribution is -1.86. The zero-order chi connectivity index (χ0) is 9.10. The number of nitrogens with zero attached hydrogens (tertiary/aromatic N) is 1. The van der Waals surface area contributed by atoms with E-state index in [0.29, 0.717) is 0 Å². The summed E-state index contributed by atoms with van der Waals surface area (Å²) in [6.45, 7) is 4.01. The van der Waals surface area contributed by atoms with Crippen molar-refractivity contribution in [2.45, 2.75) is 0 Å². The maximum absolute atomic E-state index is 4.24. The van der Waals surface area contributed by atoms with E-state index in [-0.39, 0.29) is 0 Å². The lowest BCUT2D eigenvalue weighted by atomic mass is 10.1. The normalized spacial score (nSPS) is 9.85. The van der Waals surface area contributed by atoms with Crippen molar-refractivity contribution in [1.29, 1.82) is 0 Å². The molecule has 0 unspecified atom stereocenters. The van der Waals surface area contributed by atoms with Crippen LogP contribution in [-0.4, -0.2) is 4.98 Å². The lowest BCUT2D eigenvalue weighted by molar-refractivity contribution is 1.28. The molecule has 64 valence electrons. The first kappa shape index (κ1) is 8.20. The lowest BCUT2D eigenvalue weighted by Gasteiger charge is -2.00. The second kappa shape index (κ2) is 3.54. The summed E-state index contributed by atoms with van der Waals surface area (Å²) < 4.78 is 0. The molecule has 2 aromatic heterocycles. The second-order valence-corrected chi connectivity index (χ2v) is 3.49. The van der Waals surface area contributed by atoms with E-state index in [9.17, 15) is 0 Å². The van der Waals surface area contributed by atoms with Gasteiger partial charge >= 0.3 is 0 Å². The van der Waals surface area contributed by atoms with Crippen LogP contribution in [-0.2, 0) is 0 Å². The average Bonchev–Trinajstić information content (AvgIpc) is 2.71. The molecule has 0 N–H and O–H groups in total. The van der Waals surface area contributed by atoms with Gasteiger partial charge in [0.15, 0.2) is 0 Å². The maximum atomic E-state index is 4.24. The predicted octanol–water partition coefficient (Wildman–Crippen LogP) is 3.20. The minimum atomic E-state index is 0.945. The summed E-state index contributed by atoms with van der Waals surface area (Å²) in [6, 6.07) is 7.91. The number of hydrogen-bond acceptors (Lipinski definition) is 2. The van der Waals surface area contributed by atoms with Crippen LogP contribution in [0.3, 0.4) is 0 Å². The highest BCUT2D eigenvalue weighted by molar-refractivity contribution is 7.08. The fraction of sp³-hybridized carbons (Fsp3) is 0. The summed E-state index contributed by atoms with van der Waals surface area (Å²) in [5.41, 5.74) is 3.09.